The first-order valence-corrected chi connectivity index (χ1v) is 12.6. The van der Waals surface area contributed by atoms with E-state index in [-0.39, 0.29) is 35.5 Å². The third-order valence-electron chi connectivity index (χ3n) is 7.75. The predicted molar refractivity (Wildman–Crippen MR) is 139 cm³/mol. The lowest BCUT2D eigenvalue weighted by Crippen LogP contribution is -2.47. The van der Waals surface area contributed by atoms with Crippen molar-refractivity contribution in [3.8, 4) is 22.4 Å². The van der Waals surface area contributed by atoms with Crippen LogP contribution in [0.5, 0.6) is 0 Å². The number of piperidine rings is 1. The fraction of sp³-hybridized carbons (Fsp3) is 0.321. The molecule has 188 valence electrons. The molecule has 0 saturated carbocycles. The quantitative estimate of drug-likeness (QED) is 0.405. The third-order valence-corrected chi connectivity index (χ3v) is 7.75. The number of carbonyl (C=O) groups excluding carboxylic acids is 2. The smallest absolute Gasteiger partial charge is 0.248 e. The molecular weight excluding hydrogens is 468 g/mol. The second-order valence-corrected chi connectivity index (χ2v) is 9.92. The van der Waals surface area contributed by atoms with E-state index in [9.17, 15) is 14.7 Å². The number of nitrogens with zero attached hydrogens (tertiary/aromatic N) is 5. The van der Waals surface area contributed by atoms with Crippen molar-refractivity contribution in [2.75, 3.05) is 12.3 Å². The summed E-state index contributed by atoms with van der Waals surface area (Å²) < 4.78 is 1.53. The highest BCUT2D eigenvalue weighted by Crippen LogP contribution is 2.44. The van der Waals surface area contributed by atoms with Gasteiger partial charge in [0.15, 0.2) is 11.4 Å². The number of aromatic nitrogens is 4. The number of hydrogen-bond acceptors (Lipinski definition) is 7. The van der Waals surface area contributed by atoms with Crippen LogP contribution in [0, 0.1) is 0 Å². The van der Waals surface area contributed by atoms with Crippen LogP contribution in [0.4, 0.5) is 5.82 Å². The Balaban J connectivity index is 1.41. The second-order valence-electron chi connectivity index (χ2n) is 9.92. The molecule has 5 heterocycles. The molecule has 3 atom stereocenters. The number of aliphatic hydroxyl groups excluding tert-OH is 1. The normalized spacial score (nSPS) is 20.9. The molecule has 0 aliphatic carbocycles. The number of anilines is 1. The Labute approximate surface area is 214 Å². The van der Waals surface area contributed by atoms with E-state index < -0.39 is 6.61 Å². The van der Waals surface area contributed by atoms with Gasteiger partial charge in [-0.3, -0.25) is 14.6 Å². The first kappa shape index (κ1) is 23.3. The number of nitrogens with two attached hydrogens (primary N) is 1. The highest BCUT2D eigenvalue weighted by molar-refractivity contribution is 6.00. The van der Waals surface area contributed by atoms with Crippen molar-refractivity contribution in [2.45, 2.75) is 50.6 Å². The number of aliphatic hydroxyl groups is 1. The second kappa shape index (κ2) is 9.08. The van der Waals surface area contributed by atoms with E-state index in [1.165, 1.54) is 11.4 Å². The zero-order valence-corrected chi connectivity index (χ0v) is 20.5. The maximum atomic E-state index is 12.8. The first-order chi connectivity index (χ1) is 18.0. The lowest BCUT2D eigenvalue weighted by atomic mass is 9.85. The van der Waals surface area contributed by atoms with Gasteiger partial charge in [-0.15, -0.1) is 0 Å². The van der Waals surface area contributed by atoms with Crippen molar-refractivity contribution in [3.63, 3.8) is 0 Å². The molecular formula is C28H28N6O3. The summed E-state index contributed by atoms with van der Waals surface area (Å²) in [6, 6.07) is 14.0. The summed E-state index contributed by atoms with van der Waals surface area (Å²) in [7, 11) is 0. The van der Waals surface area contributed by atoms with E-state index in [1.807, 2.05) is 47.4 Å². The summed E-state index contributed by atoms with van der Waals surface area (Å²) >= 11 is 0. The molecule has 0 spiro atoms. The lowest BCUT2D eigenvalue weighted by molar-refractivity contribution is -0.138. The SMILES string of the molecule is CC(=O)c1c([C@H]2CC3CC[C@@H](C2)N3C(=O)CO)nc2c(-c3ccc(-c4ccccc4)nc3)cnn2c1N. The van der Waals surface area contributed by atoms with Crippen molar-refractivity contribution < 1.29 is 14.7 Å². The molecule has 9 heteroatoms. The zero-order chi connectivity index (χ0) is 25.7. The Morgan fingerprint density at radius 2 is 1.76 bits per heavy atom. The van der Waals surface area contributed by atoms with Crippen LogP contribution in [0.15, 0.2) is 54.9 Å². The van der Waals surface area contributed by atoms with Crippen LogP contribution in [-0.2, 0) is 4.79 Å². The molecule has 3 N–H and O–H groups in total. The molecule has 2 bridgehead atoms. The van der Waals surface area contributed by atoms with Gasteiger partial charge in [0.25, 0.3) is 0 Å². The molecule has 6 rings (SSSR count). The predicted octanol–water partition coefficient (Wildman–Crippen LogP) is 3.47. The molecule has 0 radical (unpaired) electrons. The van der Waals surface area contributed by atoms with Gasteiger partial charge in [-0.05, 0) is 38.7 Å². The number of fused-ring (bicyclic) bond motifs is 3. The number of amides is 1. The molecule has 2 aliphatic heterocycles. The third kappa shape index (κ3) is 3.86. The van der Waals surface area contributed by atoms with Gasteiger partial charge >= 0.3 is 0 Å². The number of hydrogen-bond donors (Lipinski definition) is 2. The Kier molecular flexibility index (Phi) is 5.72. The monoisotopic (exact) mass is 496 g/mol. The number of rotatable bonds is 5. The molecule has 2 aliphatic rings. The molecule has 3 aromatic heterocycles. The van der Waals surface area contributed by atoms with Crippen LogP contribution in [0.1, 0.15) is 54.6 Å². The molecule has 1 unspecified atom stereocenters. The van der Waals surface area contributed by atoms with Crippen molar-refractivity contribution >= 4 is 23.2 Å². The fourth-order valence-electron chi connectivity index (χ4n) is 6.11. The van der Waals surface area contributed by atoms with E-state index in [1.54, 1.807) is 12.4 Å². The molecule has 1 amide bonds. The van der Waals surface area contributed by atoms with Gasteiger partial charge in [-0.1, -0.05) is 36.4 Å². The van der Waals surface area contributed by atoms with E-state index >= 15 is 0 Å². The minimum absolute atomic E-state index is 0.0206. The Morgan fingerprint density at radius 1 is 1.03 bits per heavy atom. The van der Waals surface area contributed by atoms with Crippen LogP contribution in [-0.4, -0.2) is 60.0 Å². The molecule has 9 nitrogen and oxygen atoms in total. The molecule has 37 heavy (non-hydrogen) atoms. The van der Waals surface area contributed by atoms with Crippen molar-refractivity contribution in [1.82, 2.24) is 24.5 Å². The van der Waals surface area contributed by atoms with Gasteiger partial charge < -0.3 is 15.7 Å². The average Bonchev–Trinajstić information content (AvgIpc) is 3.46. The highest BCUT2D eigenvalue weighted by Gasteiger charge is 2.44. The van der Waals surface area contributed by atoms with Crippen molar-refractivity contribution in [2.24, 2.45) is 0 Å². The van der Waals surface area contributed by atoms with Crippen LogP contribution >= 0.6 is 0 Å². The number of nitrogen functional groups attached to an aromatic ring is 1. The Bertz CT molecular complexity index is 1480. The summed E-state index contributed by atoms with van der Waals surface area (Å²) in [4.78, 5) is 36.6. The topological polar surface area (TPSA) is 127 Å². The summed E-state index contributed by atoms with van der Waals surface area (Å²) in [5.74, 6) is -0.138. The van der Waals surface area contributed by atoms with Gasteiger partial charge in [0.1, 0.15) is 12.4 Å². The van der Waals surface area contributed by atoms with Crippen LogP contribution in [0.3, 0.4) is 0 Å². The summed E-state index contributed by atoms with van der Waals surface area (Å²) in [6.45, 7) is 1.02. The maximum absolute atomic E-state index is 12.8. The molecule has 1 aromatic carbocycles. The number of benzene rings is 1. The molecule has 2 fully saturated rings. The summed E-state index contributed by atoms with van der Waals surface area (Å²) in [6.07, 6.45) is 6.64. The standard InChI is InChI=1S/C28H28N6O3/c1-16(36)25-26(19-11-20-8-9-21(12-19)33(20)24(37)15-35)32-28-22(14-31-34(28)27(25)29)18-7-10-23(30-13-18)17-5-3-2-4-6-17/h2-7,10,13-14,19-21,35H,8-9,11-12,15,29H2,1H3/t19-,20+,21?/m1/s1. The van der Waals surface area contributed by atoms with E-state index in [0.717, 1.165) is 35.2 Å². The molecule has 4 aromatic rings. The van der Waals surface area contributed by atoms with Gasteiger partial charge in [0.05, 0.1) is 23.1 Å². The first-order valence-electron chi connectivity index (χ1n) is 12.6. The van der Waals surface area contributed by atoms with E-state index in [0.29, 0.717) is 29.7 Å². The fourth-order valence-corrected chi connectivity index (χ4v) is 6.11. The summed E-state index contributed by atoms with van der Waals surface area (Å²) in [5.41, 5.74) is 11.7. The van der Waals surface area contributed by atoms with Gasteiger partial charge in [0, 0.05) is 40.9 Å². The van der Waals surface area contributed by atoms with Gasteiger partial charge in [-0.2, -0.15) is 9.61 Å². The molecule has 2 saturated heterocycles. The minimum Gasteiger partial charge on any atom is -0.387 e. The largest absolute Gasteiger partial charge is 0.387 e. The van der Waals surface area contributed by atoms with Gasteiger partial charge in [-0.25, -0.2) is 4.98 Å². The van der Waals surface area contributed by atoms with Crippen molar-refractivity contribution in [1.29, 1.82) is 0 Å². The van der Waals surface area contributed by atoms with E-state index in [2.05, 4.69) is 10.1 Å². The van der Waals surface area contributed by atoms with Crippen molar-refractivity contribution in [3.05, 3.63) is 66.1 Å². The van der Waals surface area contributed by atoms with Gasteiger partial charge in [0.2, 0.25) is 5.91 Å². The minimum atomic E-state index is -0.482. The number of ketones is 1. The van der Waals surface area contributed by atoms with Crippen LogP contribution in [0.2, 0.25) is 0 Å². The van der Waals surface area contributed by atoms with Crippen LogP contribution < -0.4 is 5.73 Å². The number of carbonyl (C=O) groups is 2. The lowest BCUT2D eigenvalue weighted by Gasteiger charge is -2.39. The van der Waals surface area contributed by atoms with Crippen LogP contribution in [0.25, 0.3) is 28.0 Å². The number of pyridine rings is 1. The Morgan fingerprint density at radius 3 is 2.38 bits per heavy atom. The zero-order valence-electron chi connectivity index (χ0n) is 20.5. The maximum Gasteiger partial charge on any atom is 0.248 e. The summed E-state index contributed by atoms with van der Waals surface area (Å²) in [5, 5.41) is 13.9. The Hall–Kier alpha value is -4.11. The van der Waals surface area contributed by atoms with E-state index in [4.69, 9.17) is 10.7 Å². The highest BCUT2D eigenvalue weighted by atomic mass is 16.3. The number of Topliss-reactive ketones (excluding diaryl/α,β-unsaturated/α-hetero) is 1. The average molecular weight is 497 g/mol.